The van der Waals surface area contributed by atoms with Gasteiger partial charge in [-0.25, -0.2) is 9.97 Å². The van der Waals surface area contributed by atoms with Crippen molar-refractivity contribution in [3.8, 4) is 5.75 Å². The zero-order valence-corrected chi connectivity index (χ0v) is 16.1. The maximum Gasteiger partial charge on any atom is 0.241 e. The molecule has 4 rings (SSSR count). The lowest BCUT2D eigenvalue weighted by atomic mass is 10.1. The quantitative estimate of drug-likeness (QED) is 0.397. The molecule has 30 heavy (non-hydrogen) atoms. The molecule has 7 heteroatoms. The number of hydrogen-bond donors (Lipinski definition) is 4. The first kappa shape index (κ1) is 19.4. The maximum absolute atomic E-state index is 12.5. The van der Waals surface area contributed by atoms with E-state index < -0.39 is 6.04 Å². The summed E-state index contributed by atoms with van der Waals surface area (Å²) in [4.78, 5) is 23.9. The van der Waals surface area contributed by atoms with E-state index in [0.29, 0.717) is 23.3 Å². The second-order valence-corrected chi connectivity index (χ2v) is 6.88. The highest BCUT2D eigenvalue weighted by Gasteiger charge is 2.16. The molecule has 0 aliphatic carbocycles. The first-order valence-corrected chi connectivity index (χ1v) is 9.50. The summed E-state index contributed by atoms with van der Waals surface area (Å²) >= 11 is 0. The number of hydrogen-bond acceptors (Lipinski definition) is 5. The molecule has 0 aliphatic heterocycles. The zero-order chi connectivity index (χ0) is 20.9. The zero-order valence-electron chi connectivity index (χ0n) is 16.1. The largest absolute Gasteiger partial charge is 0.506 e. The molecular formula is C23H21N5O2. The number of imidazole rings is 1. The Morgan fingerprint density at radius 1 is 1.13 bits per heavy atom. The Labute approximate surface area is 173 Å². The molecular weight excluding hydrogens is 378 g/mol. The Kier molecular flexibility index (Phi) is 5.54. The van der Waals surface area contributed by atoms with Crippen molar-refractivity contribution in [2.45, 2.75) is 12.5 Å². The summed E-state index contributed by atoms with van der Waals surface area (Å²) in [5.41, 5.74) is 9.55. The smallest absolute Gasteiger partial charge is 0.241 e. The van der Waals surface area contributed by atoms with E-state index in [1.54, 1.807) is 24.7 Å². The number of anilines is 1. The van der Waals surface area contributed by atoms with Crippen molar-refractivity contribution >= 4 is 34.6 Å². The Hall–Kier alpha value is -3.97. The number of nitrogens with zero attached hydrogens (tertiary/aromatic N) is 2. The second-order valence-electron chi connectivity index (χ2n) is 6.88. The van der Waals surface area contributed by atoms with Gasteiger partial charge in [0.1, 0.15) is 11.3 Å². The third-order valence-electron chi connectivity index (χ3n) is 4.70. The van der Waals surface area contributed by atoms with E-state index in [9.17, 15) is 9.90 Å². The molecule has 1 amide bonds. The second kappa shape index (κ2) is 8.59. The molecule has 2 aromatic heterocycles. The summed E-state index contributed by atoms with van der Waals surface area (Å²) in [5, 5.41) is 13.8. The van der Waals surface area contributed by atoms with Gasteiger partial charge in [0, 0.05) is 29.4 Å². The molecule has 0 spiro atoms. The molecule has 0 radical (unpaired) electrons. The van der Waals surface area contributed by atoms with Crippen LogP contribution in [-0.2, 0) is 11.2 Å². The number of carbonyl (C=O) groups excluding carboxylic acids is 1. The third kappa shape index (κ3) is 4.37. The number of H-pyrrole nitrogens is 1. The van der Waals surface area contributed by atoms with E-state index in [4.69, 9.17) is 5.73 Å². The summed E-state index contributed by atoms with van der Waals surface area (Å²) in [7, 11) is 0. The highest BCUT2D eigenvalue weighted by atomic mass is 16.3. The van der Waals surface area contributed by atoms with Crippen LogP contribution in [0.5, 0.6) is 5.75 Å². The average molecular weight is 399 g/mol. The fourth-order valence-electron chi connectivity index (χ4n) is 3.12. The van der Waals surface area contributed by atoms with Crippen LogP contribution in [-0.4, -0.2) is 32.0 Å². The normalized spacial score (nSPS) is 12.3. The number of aromatic hydroxyl groups is 1. The standard InChI is InChI=1S/C23H21N5O2/c24-19(12-18-13-25-14-26-18)23(30)28-20-6-2-1-4-15(20)8-10-17-11-9-16-5-3-7-21(29)22(16)27-17/h1-11,13-14,19,29H,12,24H2,(H,25,26)(H,28,30)/b10-8+/t19-/m0/s1. The van der Waals surface area contributed by atoms with Gasteiger partial charge >= 0.3 is 0 Å². The van der Waals surface area contributed by atoms with Crippen LogP contribution in [0.25, 0.3) is 23.1 Å². The molecule has 0 aliphatic rings. The number of phenolic OH excluding ortho intramolecular Hbond substituents is 1. The van der Waals surface area contributed by atoms with Crippen molar-refractivity contribution in [2.24, 2.45) is 5.73 Å². The van der Waals surface area contributed by atoms with E-state index in [1.165, 1.54) is 0 Å². The third-order valence-corrected chi connectivity index (χ3v) is 4.70. The van der Waals surface area contributed by atoms with Crippen LogP contribution in [0.3, 0.4) is 0 Å². The monoisotopic (exact) mass is 399 g/mol. The van der Waals surface area contributed by atoms with E-state index in [-0.39, 0.29) is 11.7 Å². The van der Waals surface area contributed by atoms with E-state index in [2.05, 4.69) is 20.3 Å². The predicted octanol–water partition coefficient (Wildman–Crippen LogP) is 3.34. The molecule has 0 fully saturated rings. The van der Waals surface area contributed by atoms with Crippen LogP contribution in [0.2, 0.25) is 0 Å². The maximum atomic E-state index is 12.5. The number of rotatable bonds is 6. The minimum Gasteiger partial charge on any atom is -0.506 e. The summed E-state index contributed by atoms with van der Waals surface area (Å²) in [6, 6.07) is 15.8. The number of phenols is 1. The Morgan fingerprint density at radius 3 is 2.83 bits per heavy atom. The van der Waals surface area contributed by atoms with Gasteiger partial charge in [0.15, 0.2) is 0 Å². The molecule has 1 atom stereocenters. The number of fused-ring (bicyclic) bond motifs is 1. The number of amides is 1. The van der Waals surface area contributed by atoms with Crippen molar-refractivity contribution in [3.63, 3.8) is 0 Å². The predicted molar refractivity (Wildman–Crippen MR) is 118 cm³/mol. The number of benzene rings is 2. The topological polar surface area (TPSA) is 117 Å². The SMILES string of the molecule is N[C@@H](Cc1cnc[nH]1)C(=O)Nc1ccccc1/C=C/c1ccc2cccc(O)c2n1. The van der Waals surface area contributed by atoms with Crippen molar-refractivity contribution in [1.29, 1.82) is 0 Å². The fourth-order valence-corrected chi connectivity index (χ4v) is 3.12. The van der Waals surface area contributed by atoms with Crippen molar-refractivity contribution in [1.82, 2.24) is 15.0 Å². The molecule has 0 saturated carbocycles. The summed E-state index contributed by atoms with van der Waals surface area (Å²) in [5.74, 6) is -0.138. The fraction of sp³-hybridized carbons (Fsp3) is 0.0870. The Morgan fingerprint density at radius 2 is 2.00 bits per heavy atom. The lowest BCUT2D eigenvalue weighted by molar-refractivity contribution is -0.117. The van der Waals surface area contributed by atoms with Crippen LogP contribution in [0.4, 0.5) is 5.69 Å². The van der Waals surface area contributed by atoms with Gasteiger partial charge in [0.05, 0.1) is 18.1 Å². The summed E-state index contributed by atoms with van der Waals surface area (Å²) in [6.07, 6.45) is 7.28. The van der Waals surface area contributed by atoms with Gasteiger partial charge in [-0.2, -0.15) is 0 Å². The van der Waals surface area contributed by atoms with E-state index in [0.717, 1.165) is 16.6 Å². The molecule has 5 N–H and O–H groups in total. The van der Waals surface area contributed by atoms with Gasteiger partial charge in [-0.05, 0) is 29.8 Å². The molecule has 2 heterocycles. The minimum atomic E-state index is -0.701. The highest BCUT2D eigenvalue weighted by Crippen LogP contribution is 2.24. The van der Waals surface area contributed by atoms with E-state index in [1.807, 2.05) is 54.6 Å². The van der Waals surface area contributed by atoms with Crippen LogP contribution in [0, 0.1) is 0 Å². The van der Waals surface area contributed by atoms with Crippen LogP contribution >= 0.6 is 0 Å². The minimum absolute atomic E-state index is 0.140. The summed E-state index contributed by atoms with van der Waals surface area (Å²) < 4.78 is 0. The number of para-hydroxylation sites is 2. The van der Waals surface area contributed by atoms with Gasteiger partial charge in [0.2, 0.25) is 5.91 Å². The van der Waals surface area contributed by atoms with Gasteiger partial charge in [-0.15, -0.1) is 0 Å². The molecule has 7 nitrogen and oxygen atoms in total. The molecule has 0 unspecified atom stereocenters. The van der Waals surface area contributed by atoms with E-state index >= 15 is 0 Å². The van der Waals surface area contributed by atoms with Crippen LogP contribution in [0.15, 0.2) is 67.1 Å². The first-order chi connectivity index (χ1) is 14.6. The molecule has 0 saturated heterocycles. The van der Waals surface area contributed by atoms with Gasteiger partial charge in [-0.1, -0.05) is 42.5 Å². The van der Waals surface area contributed by atoms with Crippen molar-refractivity contribution in [2.75, 3.05) is 5.32 Å². The average Bonchev–Trinajstić information content (AvgIpc) is 3.26. The van der Waals surface area contributed by atoms with Crippen LogP contribution in [0.1, 0.15) is 17.0 Å². The number of aromatic nitrogens is 3. The lowest BCUT2D eigenvalue weighted by Crippen LogP contribution is -2.37. The van der Waals surface area contributed by atoms with Crippen molar-refractivity contribution in [3.05, 3.63) is 84.1 Å². The Bertz CT molecular complexity index is 1200. The number of nitrogens with one attached hydrogen (secondary N) is 2. The number of pyridine rings is 1. The number of carbonyl (C=O) groups is 1. The molecule has 150 valence electrons. The van der Waals surface area contributed by atoms with Gasteiger partial charge < -0.3 is 21.1 Å². The van der Waals surface area contributed by atoms with Crippen LogP contribution < -0.4 is 11.1 Å². The van der Waals surface area contributed by atoms with Gasteiger partial charge in [0.25, 0.3) is 0 Å². The Balaban J connectivity index is 1.52. The van der Waals surface area contributed by atoms with Crippen molar-refractivity contribution < 1.29 is 9.90 Å². The first-order valence-electron chi connectivity index (χ1n) is 9.50. The highest BCUT2D eigenvalue weighted by molar-refractivity contribution is 5.97. The lowest BCUT2D eigenvalue weighted by Gasteiger charge is -2.13. The molecule has 2 aromatic carbocycles. The van der Waals surface area contributed by atoms with Gasteiger partial charge in [-0.3, -0.25) is 4.79 Å². The molecule has 0 bridgehead atoms. The molecule has 4 aromatic rings. The number of nitrogens with two attached hydrogens (primary N) is 1. The summed E-state index contributed by atoms with van der Waals surface area (Å²) in [6.45, 7) is 0. The number of aromatic amines is 1.